The third-order valence-corrected chi connectivity index (χ3v) is 5.13. The highest BCUT2D eigenvalue weighted by Crippen LogP contribution is 2.31. The van der Waals surface area contributed by atoms with Gasteiger partial charge in [0.05, 0.1) is 5.41 Å². The Bertz CT molecular complexity index is 1020. The first kappa shape index (κ1) is 22.3. The topological polar surface area (TPSA) is 18.5 Å². The minimum Gasteiger partial charge on any atom is -0.457 e. The van der Waals surface area contributed by atoms with Crippen LogP contribution in [0, 0.1) is 18.2 Å². The number of ether oxygens (including phenoxy) is 2. The van der Waals surface area contributed by atoms with Gasteiger partial charge in [0.15, 0.2) is 0 Å². The van der Waals surface area contributed by atoms with Crippen molar-refractivity contribution < 1.29 is 22.6 Å². The fourth-order valence-corrected chi connectivity index (χ4v) is 3.35. The van der Waals surface area contributed by atoms with Gasteiger partial charge in [-0.15, -0.1) is 6.42 Å². The van der Waals surface area contributed by atoms with Gasteiger partial charge in [0, 0.05) is 0 Å². The molecule has 3 aromatic carbocycles. The Balaban J connectivity index is 1.60. The lowest BCUT2D eigenvalue weighted by Gasteiger charge is -2.24. The molecule has 160 valence electrons. The fourth-order valence-electron chi connectivity index (χ4n) is 3.35. The second-order valence-corrected chi connectivity index (χ2v) is 7.44. The van der Waals surface area contributed by atoms with Crippen molar-refractivity contribution in [3.63, 3.8) is 0 Å². The Hall–Kier alpha value is -3.39. The van der Waals surface area contributed by atoms with Crippen LogP contribution in [0.4, 0.5) is 13.2 Å². The number of rotatable bonds is 9. The van der Waals surface area contributed by atoms with Gasteiger partial charge in [0.1, 0.15) is 23.1 Å². The lowest BCUT2D eigenvalue weighted by atomic mass is 9.78. The fraction of sp³-hybridized carbons (Fsp3) is 0.231. The van der Waals surface area contributed by atoms with Crippen molar-refractivity contribution in [1.29, 1.82) is 0 Å². The summed E-state index contributed by atoms with van der Waals surface area (Å²) < 4.78 is 47.9. The molecule has 2 nitrogen and oxygen atoms in total. The average molecular weight is 424 g/mol. The zero-order valence-corrected chi connectivity index (χ0v) is 17.2. The van der Waals surface area contributed by atoms with E-state index in [1.807, 2.05) is 31.2 Å². The molecule has 0 aliphatic rings. The summed E-state index contributed by atoms with van der Waals surface area (Å²) in [6.45, 7) is -0.892. The van der Waals surface area contributed by atoms with Crippen molar-refractivity contribution in [2.75, 3.05) is 0 Å². The summed E-state index contributed by atoms with van der Waals surface area (Å²) in [5.74, 6) is 3.89. The molecule has 3 rings (SSSR count). The Labute approximate surface area is 180 Å². The first-order valence-electron chi connectivity index (χ1n) is 9.93. The summed E-state index contributed by atoms with van der Waals surface area (Å²) in [5.41, 5.74) is 1.45. The number of benzene rings is 3. The van der Waals surface area contributed by atoms with Crippen LogP contribution in [0.15, 0.2) is 72.8 Å². The first-order valence-corrected chi connectivity index (χ1v) is 9.93. The average Bonchev–Trinajstić information content (AvgIpc) is 2.75. The van der Waals surface area contributed by atoms with E-state index in [1.54, 1.807) is 24.3 Å². The maximum Gasteiger partial charge on any atom is 0.387 e. The lowest BCUT2D eigenvalue weighted by molar-refractivity contribution is -0.0498. The lowest BCUT2D eigenvalue weighted by Crippen LogP contribution is -2.19. The molecule has 0 radical (unpaired) electrons. The third kappa shape index (κ3) is 6.29. The van der Waals surface area contributed by atoms with E-state index in [1.165, 1.54) is 24.3 Å². The number of alkyl halides is 2. The molecule has 1 unspecified atom stereocenters. The molecular formula is C26H23F3O2. The van der Waals surface area contributed by atoms with Gasteiger partial charge in [-0.2, -0.15) is 8.78 Å². The van der Waals surface area contributed by atoms with Crippen molar-refractivity contribution in [3.05, 3.63) is 89.7 Å². The van der Waals surface area contributed by atoms with Gasteiger partial charge in [-0.25, -0.2) is 4.39 Å². The highest BCUT2D eigenvalue weighted by atomic mass is 19.3. The van der Waals surface area contributed by atoms with Crippen LogP contribution in [-0.2, 0) is 11.8 Å². The molecule has 31 heavy (non-hydrogen) atoms. The molecule has 0 heterocycles. The summed E-state index contributed by atoms with van der Waals surface area (Å²) in [4.78, 5) is 0. The zero-order chi connectivity index (χ0) is 22.3. The summed E-state index contributed by atoms with van der Waals surface area (Å²) in [5, 5.41) is 0. The number of hydrogen-bond donors (Lipinski definition) is 0. The largest absolute Gasteiger partial charge is 0.457 e. The number of halogens is 3. The molecule has 5 heteroatoms. The highest BCUT2D eigenvalue weighted by Gasteiger charge is 2.23. The smallest absolute Gasteiger partial charge is 0.387 e. The molecule has 0 aliphatic heterocycles. The predicted octanol–water partition coefficient (Wildman–Crippen LogP) is 7.13. The van der Waals surface area contributed by atoms with E-state index in [-0.39, 0.29) is 11.6 Å². The Morgan fingerprint density at radius 1 is 0.935 bits per heavy atom. The van der Waals surface area contributed by atoms with Crippen LogP contribution in [0.2, 0.25) is 0 Å². The molecule has 0 aromatic heterocycles. The van der Waals surface area contributed by atoms with Gasteiger partial charge in [0.25, 0.3) is 0 Å². The maximum atomic E-state index is 13.0. The van der Waals surface area contributed by atoms with Crippen LogP contribution < -0.4 is 9.47 Å². The SMILES string of the molecule is C#CC(C)(CCCc1cccc(Oc2ccc(F)cc2)c1)c1ccc(OC(F)F)cc1. The molecule has 0 aliphatic carbocycles. The molecular weight excluding hydrogens is 401 g/mol. The number of terminal acetylenes is 1. The molecule has 0 spiro atoms. The van der Waals surface area contributed by atoms with Crippen molar-refractivity contribution in [1.82, 2.24) is 0 Å². The quantitative estimate of drug-likeness (QED) is 0.340. The van der Waals surface area contributed by atoms with Crippen LogP contribution >= 0.6 is 0 Å². The van der Waals surface area contributed by atoms with E-state index >= 15 is 0 Å². The summed E-state index contributed by atoms with van der Waals surface area (Å²) >= 11 is 0. The van der Waals surface area contributed by atoms with E-state index < -0.39 is 12.0 Å². The van der Waals surface area contributed by atoms with Gasteiger partial charge in [-0.1, -0.05) is 30.2 Å². The van der Waals surface area contributed by atoms with Crippen LogP contribution in [-0.4, -0.2) is 6.61 Å². The normalized spacial score (nSPS) is 12.8. The Morgan fingerprint density at radius 3 is 2.26 bits per heavy atom. The molecule has 0 N–H and O–H groups in total. The van der Waals surface area contributed by atoms with Gasteiger partial charge >= 0.3 is 6.61 Å². The van der Waals surface area contributed by atoms with Gasteiger partial charge in [-0.3, -0.25) is 0 Å². The second-order valence-electron chi connectivity index (χ2n) is 7.44. The van der Waals surface area contributed by atoms with Crippen molar-refractivity contribution >= 4 is 0 Å². The van der Waals surface area contributed by atoms with Crippen LogP contribution in [0.25, 0.3) is 0 Å². The highest BCUT2D eigenvalue weighted by molar-refractivity contribution is 5.38. The Morgan fingerprint density at radius 2 is 1.61 bits per heavy atom. The van der Waals surface area contributed by atoms with E-state index in [4.69, 9.17) is 11.2 Å². The monoisotopic (exact) mass is 424 g/mol. The van der Waals surface area contributed by atoms with Crippen LogP contribution in [0.3, 0.4) is 0 Å². The second kappa shape index (κ2) is 10.1. The predicted molar refractivity (Wildman–Crippen MR) is 115 cm³/mol. The van der Waals surface area contributed by atoms with E-state index in [0.29, 0.717) is 11.5 Å². The molecule has 0 bridgehead atoms. The molecule has 0 fully saturated rings. The molecule has 0 saturated carbocycles. The summed E-state index contributed by atoms with van der Waals surface area (Å²) in [6, 6.07) is 20.1. The third-order valence-electron chi connectivity index (χ3n) is 5.13. The van der Waals surface area contributed by atoms with Gasteiger partial charge in [-0.05, 0) is 85.8 Å². The molecule has 3 aromatic rings. The number of aryl methyl sites for hydroxylation is 1. The van der Waals surface area contributed by atoms with E-state index in [2.05, 4.69) is 10.7 Å². The van der Waals surface area contributed by atoms with Gasteiger partial charge in [0.2, 0.25) is 0 Å². The zero-order valence-electron chi connectivity index (χ0n) is 17.2. The maximum absolute atomic E-state index is 13.0. The van der Waals surface area contributed by atoms with E-state index in [0.717, 1.165) is 30.4 Å². The van der Waals surface area contributed by atoms with Crippen LogP contribution in [0.1, 0.15) is 30.9 Å². The van der Waals surface area contributed by atoms with Gasteiger partial charge < -0.3 is 9.47 Å². The first-order chi connectivity index (χ1) is 14.9. The minimum absolute atomic E-state index is 0.107. The molecule has 1 atom stereocenters. The number of hydrogen-bond acceptors (Lipinski definition) is 2. The standard InChI is InChI=1S/C26H23F3O2/c1-3-26(2,20-9-13-23(14-10-20)31-25(28)29)17-5-7-19-6-4-8-24(18-19)30-22-15-11-21(27)12-16-22/h1,4,6,8-16,18,25H,5,7,17H2,2H3. The van der Waals surface area contributed by atoms with Crippen molar-refractivity contribution in [3.8, 4) is 29.6 Å². The molecule has 0 amide bonds. The van der Waals surface area contributed by atoms with Crippen molar-refractivity contribution in [2.24, 2.45) is 0 Å². The summed E-state index contributed by atoms with van der Waals surface area (Å²) in [7, 11) is 0. The summed E-state index contributed by atoms with van der Waals surface area (Å²) in [6.07, 6.45) is 8.16. The van der Waals surface area contributed by atoms with Crippen LogP contribution in [0.5, 0.6) is 17.2 Å². The minimum atomic E-state index is -2.85. The van der Waals surface area contributed by atoms with E-state index in [9.17, 15) is 13.2 Å². The Kier molecular flexibility index (Phi) is 7.25. The van der Waals surface area contributed by atoms with Crippen molar-refractivity contribution in [2.45, 2.75) is 38.2 Å². The molecule has 0 saturated heterocycles.